The highest BCUT2D eigenvalue weighted by atomic mass is 19.4. The van der Waals surface area contributed by atoms with E-state index in [0.29, 0.717) is 11.1 Å². The van der Waals surface area contributed by atoms with Crippen LogP contribution in [0.25, 0.3) is 11.1 Å². The summed E-state index contributed by atoms with van der Waals surface area (Å²) in [6, 6.07) is 9.75. The molecule has 0 atom stereocenters. The molecule has 144 valence electrons. The van der Waals surface area contributed by atoms with E-state index in [-0.39, 0.29) is 30.2 Å². The van der Waals surface area contributed by atoms with E-state index in [9.17, 15) is 26.7 Å². The summed E-state index contributed by atoms with van der Waals surface area (Å²) in [4.78, 5) is 13.5. The van der Waals surface area contributed by atoms with E-state index in [0.717, 1.165) is 17.0 Å². The van der Waals surface area contributed by atoms with E-state index in [2.05, 4.69) is 4.74 Å². The second kappa shape index (κ2) is 7.42. The number of hydrogen-bond acceptors (Lipinski definition) is 3. The highest BCUT2D eigenvalue weighted by molar-refractivity contribution is 5.98. The Hall–Kier alpha value is -2.84. The van der Waals surface area contributed by atoms with Crippen LogP contribution in [0.2, 0.25) is 0 Å². The Balaban J connectivity index is 1.88. The number of carbonyl (C=O) groups is 1. The van der Waals surface area contributed by atoms with Gasteiger partial charge in [0.05, 0.1) is 18.7 Å². The number of alkyl halides is 5. The molecule has 9 heteroatoms. The summed E-state index contributed by atoms with van der Waals surface area (Å²) in [5.74, 6) is -0.678. The number of rotatable bonds is 4. The Bertz CT molecular complexity index is 821. The lowest BCUT2D eigenvalue weighted by molar-refractivity contribution is -0.274. The van der Waals surface area contributed by atoms with Crippen LogP contribution in [0.5, 0.6) is 11.5 Å². The second-order valence-corrected chi connectivity index (χ2v) is 5.77. The van der Waals surface area contributed by atoms with E-state index in [1.54, 1.807) is 6.07 Å². The zero-order valence-corrected chi connectivity index (χ0v) is 13.8. The number of hydrogen-bond donors (Lipinski definition) is 0. The van der Waals surface area contributed by atoms with Gasteiger partial charge < -0.3 is 14.4 Å². The Morgan fingerprint density at radius 2 is 1.74 bits per heavy atom. The minimum Gasteiger partial charge on any atom is -0.491 e. The van der Waals surface area contributed by atoms with Gasteiger partial charge in [-0.2, -0.15) is 0 Å². The molecule has 0 aliphatic carbocycles. The Morgan fingerprint density at radius 3 is 2.37 bits per heavy atom. The molecule has 0 N–H and O–H groups in total. The molecule has 0 unspecified atom stereocenters. The predicted molar refractivity (Wildman–Crippen MR) is 86.0 cm³/mol. The van der Waals surface area contributed by atoms with E-state index in [1.807, 2.05) is 0 Å². The standard InChI is InChI=1S/C18H14F5NO3/c19-16(20)10-24-7-8-26-15-6-3-12(9-14(15)17(24)25)11-1-4-13(5-2-11)27-18(21,22)23/h1-6,9,16H,7-8,10H2. The predicted octanol–water partition coefficient (Wildman–Crippen LogP) is 4.35. The van der Waals surface area contributed by atoms with Crippen molar-refractivity contribution in [1.82, 2.24) is 4.90 Å². The maximum atomic E-state index is 12.7. The molecule has 0 spiro atoms. The monoisotopic (exact) mass is 387 g/mol. The summed E-state index contributed by atoms with van der Waals surface area (Å²) in [5.41, 5.74) is 1.19. The topological polar surface area (TPSA) is 38.8 Å². The Labute approximate surface area is 151 Å². The molecular formula is C18H14F5NO3. The molecular weight excluding hydrogens is 373 g/mol. The zero-order valence-electron chi connectivity index (χ0n) is 13.8. The molecule has 2 aromatic carbocycles. The first-order chi connectivity index (χ1) is 12.7. The van der Waals surface area contributed by atoms with Crippen LogP contribution < -0.4 is 9.47 Å². The average Bonchev–Trinajstić information content (AvgIpc) is 2.73. The van der Waals surface area contributed by atoms with Crippen molar-refractivity contribution in [2.45, 2.75) is 12.8 Å². The number of carbonyl (C=O) groups excluding carboxylic acids is 1. The molecule has 4 nitrogen and oxygen atoms in total. The number of nitrogens with zero attached hydrogens (tertiary/aromatic N) is 1. The highest BCUT2D eigenvalue weighted by Crippen LogP contribution is 2.31. The number of fused-ring (bicyclic) bond motifs is 1. The lowest BCUT2D eigenvalue weighted by Crippen LogP contribution is -2.36. The largest absolute Gasteiger partial charge is 0.573 e. The fraction of sp³-hybridized carbons (Fsp3) is 0.278. The second-order valence-electron chi connectivity index (χ2n) is 5.77. The lowest BCUT2D eigenvalue weighted by Gasteiger charge is -2.19. The van der Waals surface area contributed by atoms with E-state index in [4.69, 9.17) is 4.74 Å². The van der Waals surface area contributed by atoms with Crippen molar-refractivity contribution in [2.75, 3.05) is 19.7 Å². The van der Waals surface area contributed by atoms with Crippen molar-refractivity contribution >= 4 is 5.91 Å². The molecule has 1 aliphatic heterocycles. The summed E-state index contributed by atoms with van der Waals surface area (Å²) >= 11 is 0. The van der Waals surface area contributed by atoms with Crippen LogP contribution in [-0.2, 0) is 0 Å². The fourth-order valence-corrected chi connectivity index (χ4v) is 2.73. The zero-order chi connectivity index (χ0) is 19.6. The third-order valence-corrected chi connectivity index (χ3v) is 3.90. The lowest BCUT2D eigenvalue weighted by atomic mass is 10.0. The molecule has 1 amide bonds. The van der Waals surface area contributed by atoms with Crippen LogP contribution in [0.3, 0.4) is 0 Å². The molecule has 2 aromatic rings. The van der Waals surface area contributed by atoms with Crippen molar-refractivity contribution in [3.8, 4) is 22.6 Å². The van der Waals surface area contributed by atoms with Gasteiger partial charge in [-0.3, -0.25) is 4.79 Å². The maximum absolute atomic E-state index is 12.7. The van der Waals surface area contributed by atoms with Gasteiger partial charge in [-0.1, -0.05) is 18.2 Å². The van der Waals surface area contributed by atoms with Crippen LogP contribution in [0, 0.1) is 0 Å². The van der Waals surface area contributed by atoms with Crippen LogP contribution in [0.15, 0.2) is 42.5 Å². The quantitative estimate of drug-likeness (QED) is 0.733. The first-order valence-corrected chi connectivity index (χ1v) is 7.93. The minimum absolute atomic E-state index is 0.0384. The van der Waals surface area contributed by atoms with Gasteiger partial charge in [-0.05, 0) is 35.4 Å². The molecule has 0 saturated heterocycles. The smallest absolute Gasteiger partial charge is 0.491 e. The number of halogens is 5. The van der Waals surface area contributed by atoms with Crippen molar-refractivity contribution in [3.63, 3.8) is 0 Å². The van der Waals surface area contributed by atoms with E-state index in [1.165, 1.54) is 24.3 Å². The van der Waals surface area contributed by atoms with Gasteiger partial charge in [0, 0.05) is 0 Å². The molecule has 0 aromatic heterocycles. The van der Waals surface area contributed by atoms with Gasteiger partial charge in [0.1, 0.15) is 18.1 Å². The SMILES string of the molecule is O=C1c2cc(-c3ccc(OC(F)(F)F)cc3)ccc2OCCN1CC(F)F. The maximum Gasteiger partial charge on any atom is 0.573 e. The van der Waals surface area contributed by atoms with Gasteiger partial charge in [-0.15, -0.1) is 13.2 Å². The van der Waals surface area contributed by atoms with Gasteiger partial charge in [0.15, 0.2) is 0 Å². The Kier molecular flexibility index (Phi) is 5.20. The van der Waals surface area contributed by atoms with Crippen molar-refractivity contribution < 1.29 is 36.2 Å². The van der Waals surface area contributed by atoms with Gasteiger partial charge in [0.25, 0.3) is 12.3 Å². The Morgan fingerprint density at radius 1 is 1.07 bits per heavy atom. The number of benzene rings is 2. The van der Waals surface area contributed by atoms with Crippen LogP contribution >= 0.6 is 0 Å². The molecule has 1 heterocycles. The molecule has 0 radical (unpaired) electrons. The third kappa shape index (κ3) is 4.66. The molecule has 3 rings (SSSR count). The summed E-state index contributed by atoms with van der Waals surface area (Å²) in [5, 5.41) is 0. The van der Waals surface area contributed by atoms with Crippen molar-refractivity contribution in [2.24, 2.45) is 0 Å². The van der Waals surface area contributed by atoms with Crippen LogP contribution in [-0.4, -0.2) is 43.3 Å². The summed E-state index contributed by atoms with van der Waals surface area (Å²) in [7, 11) is 0. The molecule has 27 heavy (non-hydrogen) atoms. The summed E-state index contributed by atoms with van der Waals surface area (Å²) < 4.78 is 71.3. The normalized spacial score (nSPS) is 14.6. The van der Waals surface area contributed by atoms with Crippen LogP contribution in [0.4, 0.5) is 22.0 Å². The first kappa shape index (κ1) is 18.9. The average molecular weight is 387 g/mol. The molecule has 0 fully saturated rings. The fourth-order valence-electron chi connectivity index (χ4n) is 2.73. The molecule has 1 aliphatic rings. The van der Waals surface area contributed by atoms with E-state index < -0.39 is 25.2 Å². The summed E-state index contributed by atoms with van der Waals surface area (Å²) in [6.45, 7) is -0.569. The van der Waals surface area contributed by atoms with Crippen molar-refractivity contribution in [3.05, 3.63) is 48.0 Å². The van der Waals surface area contributed by atoms with Gasteiger partial charge in [0.2, 0.25) is 0 Å². The van der Waals surface area contributed by atoms with Gasteiger partial charge >= 0.3 is 6.36 Å². The van der Waals surface area contributed by atoms with Crippen molar-refractivity contribution in [1.29, 1.82) is 0 Å². The van der Waals surface area contributed by atoms with Crippen LogP contribution in [0.1, 0.15) is 10.4 Å². The summed E-state index contributed by atoms with van der Waals surface area (Å²) in [6.07, 6.45) is -7.45. The first-order valence-electron chi connectivity index (χ1n) is 7.93. The minimum atomic E-state index is -4.79. The number of amides is 1. The van der Waals surface area contributed by atoms with Gasteiger partial charge in [-0.25, -0.2) is 8.78 Å². The highest BCUT2D eigenvalue weighted by Gasteiger charge is 2.31. The van der Waals surface area contributed by atoms with E-state index >= 15 is 0 Å². The molecule has 0 bridgehead atoms. The third-order valence-electron chi connectivity index (χ3n) is 3.90. The molecule has 0 saturated carbocycles. The number of ether oxygens (including phenoxy) is 2.